The lowest BCUT2D eigenvalue weighted by Gasteiger charge is -2.29. The Morgan fingerprint density at radius 3 is 2.52 bits per heavy atom. The summed E-state index contributed by atoms with van der Waals surface area (Å²) in [4.78, 5) is 4.29. The van der Waals surface area contributed by atoms with Crippen LogP contribution in [0.15, 0.2) is 24.3 Å². The minimum atomic E-state index is -4.28. The second kappa shape index (κ2) is 7.24. The number of alkyl halides is 3. The fourth-order valence-corrected chi connectivity index (χ4v) is 2.55. The van der Waals surface area contributed by atoms with Crippen molar-refractivity contribution in [3.63, 3.8) is 0 Å². The van der Waals surface area contributed by atoms with Crippen LogP contribution >= 0.6 is 0 Å². The number of nitrogens with zero attached hydrogens (tertiary/aromatic N) is 2. The molecule has 0 bridgehead atoms. The Labute approximate surface area is 123 Å². The molecular weight excluding hydrogens is 279 g/mol. The largest absolute Gasteiger partial charge is 0.416 e. The molecule has 118 valence electrons. The van der Waals surface area contributed by atoms with Crippen LogP contribution in [0, 0.1) is 0 Å². The molecule has 21 heavy (non-hydrogen) atoms. The van der Waals surface area contributed by atoms with E-state index in [0.717, 1.165) is 45.3 Å². The topological polar surface area (TPSA) is 18.5 Å². The highest BCUT2D eigenvalue weighted by molar-refractivity contribution is 5.29. The van der Waals surface area contributed by atoms with Crippen LogP contribution in [0.4, 0.5) is 13.2 Å². The molecule has 1 heterocycles. The molecule has 0 aromatic heterocycles. The van der Waals surface area contributed by atoms with Crippen molar-refractivity contribution in [2.45, 2.75) is 12.7 Å². The highest BCUT2D eigenvalue weighted by Gasteiger charge is 2.32. The fraction of sp³-hybridized carbons (Fsp3) is 0.600. The van der Waals surface area contributed by atoms with E-state index in [-0.39, 0.29) is 0 Å². The third kappa shape index (κ3) is 4.98. The van der Waals surface area contributed by atoms with Crippen molar-refractivity contribution in [1.82, 2.24) is 15.1 Å². The van der Waals surface area contributed by atoms with Gasteiger partial charge in [-0.25, -0.2) is 0 Å². The Morgan fingerprint density at radius 1 is 1.19 bits per heavy atom. The Hall–Kier alpha value is -1.11. The van der Waals surface area contributed by atoms with Gasteiger partial charge in [0.05, 0.1) is 5.56 Å². The Balaban J connectivity index is 1.89. The van der Waals surface area contributed by atoms with E-state index in [1.165, 1.54) is 6.07 Å². The van der Waals surface area contributed by atoms with E-state index in [1.807, 2.05) is 11.9 Å². The third-order valence-corrected chi connectivity index (χ3v) is 3.77. The first-order chi connectivity index (χ1) is 9.97. The molecule has 1 fully saturated rings. The zero-order valence-electron chi connectivity index (χ0n) is 12.3. The number of hydrogen-bond donors (Lipinski definition) is 1. The van der Waals surface area contributed by atoms with E-state index >= 15 is 0 Å². The molecule has 0 saturated carbocycles. The first kappa shape index (κ1) is 16.3. The van der Waals surface area contributed by atoms with Gasteiger partial charge in [-0.15, -0.1) is 0 Å². The summed E-state index contributed by atoms with van der Waals surface area (Å²) < 4.78 is 38.8. The van der Waals surface area contributed by atoms with E-state index in [4.69, 9.17) is 0 Å². The highest BCUT2D eigenvalue weighted by atomic mass is 19.4. The fourth-order valence-electron chi connectivity index (χ4n) is 2.55. The number of hydrogen-bond acceptors (Lipinski definition) is 3. The third-order valence-electron chi connectivity index (χ3n) is 3.77. The molecule has 0 amide bonds. The van der Waals surface area contributed by atoms with Crippen LogP contribution in [0.25, 0.3) is 0 Å². The Bertz CT molecular complexity index is 442. The summed E-state index contributed by atoms with van der Waals surface area (Å²) in [6.07, 6.45) is -4.28. The van der Waals surface area contributed by atoms with Crippen LogP contribution in [0.2, 0.25) is 0 Å². The molecule has 1 aliphatic heterocycles. The lowest BCUT2D eigenvalue weighted by atomic mass is 10.1. The van der Waals surface area contributed by atoms with Gasteiger partial charge in [-0.05, 0) is 18.7 Å². The van der Waals surface area contributed by atoms with Crippen molar-refractivity contribution in [1.29, 1.82) is 0 Å². The van der Waals surface area contributed by atoms with E-state index in [0.29, 0.717) is 12.1 Å². The predicted octanol–water partition coefficient (Wildman–Crippen LogP) is 2.04. The molecular formula is C15H22F3N3. The Morgan fingerprint density at radius 2 is 1.86 bits per heavy atom. The highest BCUT2D eigenvalue weighted by Crippen LogP contribution is 2.32. The number of benzene rings is 1. The molecule has 0 unspecified atom stereocenters. The molecule has 1 aromatic carbocycles. The van der Waals surface area contributed by atoms with Crippen LogP contribution < -0.4 is 5.32 Å². The van der Waals surface area contributed by atoms with Gasteiger partial charge < -0.3 is 10.2 Å². The van der Waals surface area contributed by atoms with E-state index < -0.39 is 11.7 Å². The van der Waals surface area contributed by atoms with Gasteiger partial charge in [-0.1, -0.05) is 18.2 Å². The molecule has 1 N–H and O–H groups in total. The lowest BCUT2D eigenvalue weighted by molar-refractivity contribution is -0.138. The second-order valence-electron chi connectivity index (χ2n) is 5.48. The maximum absolute atomic E-state index is 12.9. The average molecular weight is 301 g/mol. The maximum atomic E-state index is 12.9. The molecule has 1 aliphatic rings. The molecule has 0 radical (unpaired) electrons. The molecule has 3 nitrogen and oxygen atoms in total. The van der Waals surface area contributed by atoms with Crippen molar-refractivity contribution in [3.05, 3.63) is 35.4 Å². The summed E-state index contributed by atoms with van der Waals surface area (Å²) in [7, 11) is 1.87. The van der Waals surface area contributed by atoms with Crippen LogP contribution in [-0.2, 0) is 12.7 Å². The lowest BCUT2D eigenvalue weighted by Crippen LogP contribution is -2.45. The van der Waals surface area contributed by atoms with Crippen molar-refractivity contribution in [2.24, 2.45) is 0 Å². The van der Waals surface area contributed by atoms with Crippen LogP contribution in [0.5, 0.6) is 0 Å². The van der Waals surface area contributed by atoms with Gasteiger partial charge in [0.2, 0.25) is 0 Å². The minimum Gasteiger partial charge on any atom is -0.314 e. The maximum Gasteiger partial charge on any atom is 0.416 e. The second-order valence-corrected chi connectivity index (χ2v) is 5.48. The minimum absolute atomic E-state index is 0.321. The van der Waals surface area contributed by atoms with Gasteiger partial charge in [-0.2, -0.15) is 13.2 Å². The summed E-state index contributed by atoms with van der Waals surface area (Å²) in [6.45, 7) is 5.97. The number of halogens is 3. The molecule has 0 atom stereocenters. The van der Waals surface area contributed by atoms with Crippen molar-refractivity contribution >= 4 is 0 Å². The van der Waals surface area contributed by atoms with Gasteiger partial charge in [0.15, 0.2) is 0 Å². The molecule has 0 spiro atoms. The van der Waals surface area contributed by atoms with Crippen LogP contribution in [-0.4, -0.2) is 56.1 Å². The van der Waals surface area contributed by atoms with Gasteiger partial charge in [0.1, 0.15) is 0 Å². The summed E-state index contributed by atoms with van der Waals surface area (Å²) in [5.74, 6) is 0. The number of nitrogens with one attached hydrogen (secondary N) is 1. The van der Waals surface area contributed by atoms with Crippen molar-refractivity contribution < 1.29 is 13.2 Å². The average Bonchev–Trinajstić information content (AvgIpc) is 2.46. The molecule has 0 aliphatic carbocycles. The van der Waals surface area contributed by atoms with E-state index in [9.17, 15) is 13.2 Å². The summed E-state index contributed by atoms with van der Waals surface area (Å²) >= 11 is 0. The molecule has 1 aromatic rings. The summed E-state index contributed by atoms with van der Waals surface area (Å²) in [5, 5.41) is 3.29. The van der Waals surface area contributed by atoms with Crippen LogP contribution in [0.1, 0.15) is 11.1 Å². The van der Waals surface area contributed by atoms with Gasteiger partial charge in [0, 0.05) is 45.8 Å². The van der Waals surface area contributed by atoms with E-state index in [2.05, 4.69) is 10.2 Å². The quantitative estimate of drug-likeness (QED) is 0.898. The zero-order chi connectivity index (χ0) is 15.3. The smallest absolute Gasteiger partial charge is 0.314 e. The molecule has 2 rings (SSSR count). The Kier molecular flexibility index (Phi) is 5.61. The van der Waals surface area contributed by atoms with Crippen molar-refractivity contribution in [3.8, 4) is 0 Å². The molecule has 6 heteroatoms. The van der Waals surface area contributed by atoms with E-state index in [1.54, 1.807) is 12.1 Å². The van der Waals surface area contributed by atoms with Gasteiger partial charge in [0.25, 0.3) is 0 Å². The predicted molar refractivity (Wildman–Crippen MR) is 77.1 cm³/mol. The monoisotopic (exact) mass is 301 g/mol. The number of likely N-dealkylation sites (N-methyl/N-ethyl adjacent to an activating group) is 1. The standard InChI is InChI=1S/C15H22F3N3/c1-20(10-11-21-8-6-19-7-9-21)12-13-4-2-3-5-14(13)15(16,17)18/h2-5,19H,6-12H2,1H3. The zero-order valence-corrected chi connectivity index (χ0v) is 12.3. The first-order valence-electron chi connectivity index (χ1n) is 7.23. The van der Waals surface area contributed by atoms with Crippen LogP contribution in [0.3, 0.4) is 0 Å². The normalized spacial score (nSPS) is 17.4. The SMILES string of the molecule is CN(CCN1CCNCC1)Cc1ccccc1C(F)(F)F. The first-order valence-corrected chi connectivity index (χ1v) is 7.23. The molecule has 1 saturated heterocycles. The summed E-state index contributed by atoms with van der Waals surface area (Å²) in [5.41, 5.74) is -0.188. The summed E-state index contributed by atoms with van der Waals surface area (Å²) in [6, 6.07) is 5.81. The number of rotatable bonds is 5. The van der Waals surface area contributed by atoms with Gasteiger partial charge in [-0.3, -0.25) is 4.90 Å². The van der Waals surface area contributed by atoms with Gasteiger partial charge >= 0.3 is 6.18 Å². The van der Waals surface area contributed by atoms with Crippen molar-refractivity contribution in [2.75, 3.05) is 46.3 Å². The number of piperazine rings is 1.